The Labute approximate surface area is 156 Å². The second kappa shape index (κ2) is 9.42. The molecule has 8 heteroatoms. The Morgan fingerprint density at radius 2 is 1.81 bits per heavy atom. The van der Waals surface area contributed by atoms with E-state index in [4.69, 9.17) is 19.9 Å². The molecule has 0 aliphatic carbocycles. The smallest absolute Gasteiger partial charge is 0.255 e. The number of amides is 2. The molecule has 0 heterocycles. The molecule has 2 aromatic carbocycles. The van der Waals surface area contributed by atoms with Gasteiger partial charge in [0.05, 0.1) is 13.7 Å². The third kappa shape index (κ3) is 5.60. The summed E-state index contributed by atoms with van der Waals surface area (Å²) >= 11 is 0. The van der Waals surface area contributed by atoms with Crippen molar-refractivity contribution in [1.29, 1.82) is 0 Å². The zero-order chi connectivity index (χ0) is 19.8. The van der Waals surface area contributed by atoms with Gasteiger partial charge >= 0.3 is 0 Å². The minimum atomic E-state index is -0.619. The van der Waals surface area contributed by atoms with E-state index in [-0.39, 0.29) is 31.4 Å². The second-order valence-corrected chi connectivity index (χ2v) is 5.63. The SMILES string of the molecule is COc1cc(C(=O)N(C)CCOc2ccccc2F)ccc1OCC(N)=O. The largest absolute Gasteiger partial charge is 0.493 e. The maximum Gasteiger partial charge on any atom is 0.255 e. The Morgan fingerprint density at radius 3 is 2.48 bits per heavy atom. The van der Waals surface area contributed by atoms with Crippen LogP contribution in [-0.2, 0) is 4.79 Å². The fourth-order valence-corrected chi connectivity index (χ4v) is 2.24. The molecule has 27 heavy (non-hydrogen) atoms. The first-order valence-corrected chi connectivity index (χ1v) is 8.14. The lowest BCUT2D eigenvalue weighted by atomic mass is 10.1. The highest BCUT2D eigenvalue weighted by atomic mass is 19.1. The number of nitrogens with zero attached hydrogens (tertiary/aromatic N) is 1. The van der Waals surface area contributed by atoms with Gasteiger partial charge in [-0.05, 0) is 30.3 Å². The van der Waals surface area contributed by atoms with Crippen molar-refractivity contribution in [1.82, 2.24) is 4.90 Å². The molecule has 0 fully saturated rings. The summed E-state index contributed by atoms with van der Waals surface area (Å²) in [6, 6.07) is 10.6. The molecule has 0 aliphatic rings. The lowest BCUT2D eigenvalue weighted by Gasteiger charge is -2.18. The van der Waals surface area contributed by atoms with Crippen LogP contribution in [0, 0.1) is 5.82 Å². The van der Waals surface area contributed by atoms with Gasteiger partial charge in [0, 0.05) is 12.6 Å². The molecule has 0 radical (unpaired) electrons. The van der Waals surface area contributed by atoms with Crippen LogP contribution in [0.25, 0.3) is 0 Å². The number of halogens is 1. The van der Waals surface area contributed by atoms with E-state index >= 15 is 0 Å². The lowest BCUT2D eigenvalue weighted by Crippen LogP contribution is -2.31. The van der Waals surface area contributed by atoms with Crippen molar-refractivity contribution in [3.05, 3.63) is 53.8 Å². The Balaban J connectivity index is 1.97. The monoisotopic (exact) mass is 376 g/mol. The van der Waals surface area contributed by atoms with E-state index in [0.29, 0.717) is 17.1 Å². The van der Waals surface area contributed by atoms with E-state index in [1.54, 1.807) is 25.2 Å². The van der Waals surface area contributed by atoms with Crippen LogP contribution in [-0.4, -0.2) is 50.6 Å². The molecule has 2 amide bonds. The molecule has 7 nitrogen and oxygen atoms in total. The molecule has 2 N–H and O–H groups in total. The van der Waals surface area contributed by atoms with Gasteiger partial charge in [0.2, 0.25) is 0 Å². The number of carbonyl (C=O) groups excluding carboxylic acids is 2. The minimum Gasteiger partial charge on any atom is -0.493 e. The van der Waals surface area contributed by atoms with E-state index in [2.05, 4.69) is 0 Å². The zero-order valence-electron chi connectivity index (χ0n) is 15.1. The van der Waals surface area contributed by atoms with E-state index in [1.165, 1.54) is 36.3 Å². The van der Waals surface area contributed by atoms with E-state index in [0.717, 1.165) is 0 Å². The number of nitrogens with two attached hydrogens (primary N) is 1. The molecule has 0 saturated heterocycles. The molecular formula is C19H21FN2O5. The quantitative estimate of drug-likeness (QED) is 0.721. The summed E-state index contributed by atoms with van der Waals surface area (Å²) in [5.41, 5.74) is 5.41. The lowest BCUT2D eigenvalue weighted by molar-refractivity contribution is -0.119. The van der Waals surface area contributed by atoms with Gasteiger partial charge in [-0.15, -0.1) is 0 Å². The van der Waals surface area contributed by atoms with Crippen molar-refractivity contribution >= 4 is 11.8 Å². The molecule has 0 spiro atoms. The normalized spacial score (nSPS) is 10.2. The number of primary amides is 1. The third-order valence-corrected chi connectivity index (χ3v) is 3.65. The van der Waals surface area contributed by atoms with Crippen LogP contribution in [0.15, 0.2) is 42.5 Å². The summed E-state index contributed by atoms with van der Waals surface area (Å²) in [6.07, 6.45) is 0. The van der Waals surface area contributed by atoms with Gasteiger partial charge in [0.1, 0.15) is 6.61 Å². The van der Waals surface area contributed by atoms with Crippen molar-refractivity contribution in [2.75, 3.05) is 33.9 Å². The number of likely N-dealkylation sites (N-methyl/N-ethyl adjacent to an activating group) is 1. The predicted octanol–water partition coefficient (Wildman–Crippen LogP) is 1.85. The van der Waals surface area contributed by atoms with Gasteiger partial charge in [-0.2, -0.15) is 0 Å². The highest BCUT2D eigenvalue weighted by Gasteiger charge is 2.15. The molecule has 144 valence electrons. The molecule has 0 atom stereocenters. The van der Waals surface area contributed by atoms with Crippen molar-refractivity contribution in [3.8, 4) is 17.2 Å². The fraction of sp³-hybridized carbons (Fsp3) is 0.263. The van der Waals surface area contributed by atoms with Crippen molar-refractivity contribution in [2.45, 2.75) is 0 Å². The zero-order valence-corrected chi connectivity index (χ0v) is 15.1. The number of carbonyl (C=O) groups is 2. The molecule has 2 aromatic rings. The van der Waals surface area contributed by atoms with Gasteiger partial charge in [-0.3, -0.25) is 9.59 Å². The number of benzene rings is 2. The van der Waals surface area contributed by atoms with E-state index in [9.17, 15) is 14.0 Å². The highest BCUT2D eigenvalue weighted by Crippen LogP contribution is 2.28. The van der Waals surface area contributed by atoms with Gasteiger partial charge < -0.3 is 24.8 Å². The molecule has 0 aliphatic heterocycles. The summed E-state index contributed by atoms with van der Waals surface area (Å²) in [7, 11) is 3.03. The van der Waals surface area contributed by atoms with E-state index in [1.807, 2.05) is 0 Å². The summed E-state index contributed by atoms with van der Waals surface area (Å²) < 4.78 is 29.3. The van der Waals surface area contributed by atoms with Crippen LogP contribution >= 0.6 is 0 Å². The molecule has 0 bridgehead atoms. The fourth-order valence-electron chi connectivity index (χ4n) is 2.24. The van der Waals surface area contributed by atoms with Crippen LogP contribution in [0.1, 0.15) is 10.4 Å². The number of ether oxygens (including phenoxy) is 3. The van der Waals surface area contributed by atoms with Crippen LogP contribution in [0.4, 0.5) is 4.39 Å². The average molecular weight is 376 g/mol. The molecule has 2 rings (SSSR count). The number of methoxy groups -OCH3 is 1. The summed E-state index contributed by atoms with van der Waals surface area (Å²) in [6.45, 7) is 0.104. The second-order valence-electron chi connectivity index (χ2n) is 5.63. The van der Waals surface area contributed by atoms with Gasteiger partial charge in [-0.1, -0.05) is 12.1 Å². The standard InChI is InChI=1S/C19H21FN2O5/c1-22(9-10-26-15-6-4-3-5-14(15)20)19(24)13-7-8-16(17(11-13)25-2)27-12-18(21)23/h3-8,11H,9-10,12H2,1-2H3,(H2,21,23). The van der Waals surface area contributed by atoms with Gasteiger partial charge in [0.25, 0.3) is 11.8 Å². The van der Waals surface area contributed by atoms with Crippen molar-refractivity contribution in [3.63, 3.8) is 0 Å². The average Bonchev–Trinajstić information content (AvgIpc) is 2.66. The van der Waals surface area contributed by atoms with Crippen LogP contribution in [0.5, 0.6) is 17.2 Å². The van der Waals surface area contributed by atoms with Crippen LogP contribution < -0.4 is 19.9 Å². The first-order valence-electron chi connectivity index (χ1n) is 8.14. The highest BCUT2D eigenvalue weighted by molar-refractivity contribution is 5.94. The third-order valence-electron chi connectivity index (χ3n) is 3.65. The Bertz CT molecular complexity index is 812. The molecule has 0 aromatic heterocycles. The molecule has 0 unspecified atom stereocenters. The van der Waals surface area contributed by atoms with Gasteiger partial charge in [0.15, 0.2) is 29.7 Å². The van der Waals surface area contributed by atoms with Crippen molar-refractivity contribution in [2.24, 2.45) is 5.73 Å². The first-order chi connectivity index (χ1) is 12.9. The maximum atomic E-state index is 13.5. The first kappa shape index (κ1) is 20.0. The molecular weight excluding hydrogens is 355 g/mol. The number of rotatable bonds is 9. The van der Waals surface area contributed by atoms with Gasteiger partial charge in [-0.25, -0.2) is 4.39 Å². The number of hydrogen-bond donors (Lipinski definition) is 1. The van der Waals surface area contributed by atoms with Crippen LogP contribution in [0.2, 0.25) is 0 Å². The number of para-hydroxylation sites is 1. The van der Waals surface area contributed by atoms with Crippen molar-refractivity contribution < 1.29 is 28.2 Å². The topological polar surface area (TPSA) is 91.1 Å². The summed E-state index contributed by atoms with van der Waals surface area (Å²) in [5.74, 6) is -0.603. The number of hydrogen-bond acceptors (Lipinski definition) is 5. The Hall–Kier alpha value is -3.29. The van der Waals surface area contributed by atoms with Crippen LogP contribution in [0.3, 0.4) is 0 Å². The summed E-state index contributed by atoms with van der Waals surface area (Å²) in [4.78, 5) is 24.8. The maximum absolute atomic E-state index is 13.5. The Kier molecular flexibility index (Phi) is 6.99. The van der Waals surface area contributed by atoms with E-state index < -0.39 is 11.7 Å². The predicted molar refractivity (Wildman–Crippen MR) is 96.5 cm³/mol. The summed E-state index contributed by atoms with van der Waals surface area (Å²) in [5, 5.41) is 0. The molecule has 0 saturated carbocycles. The minimum absolute atomic E-state index is 0.135. The Morgan fingerprint density at radius 1 is 1.07 bits per heavy atom.